The number of rotatable bonds is 4. The summed E-state index contributed by atoms with van der Waals surface area (Å²) in [7, 11) is 5.32. The predicted molar refractivity (Wildman–Crippen MR) is 54.9 cm³/mol. The fraction of sp³-hybridized carbons (Fsp3) is 0.300. The van der Waals surface area contributed by atoms with Gasteiger partial charge in [0.2, 0.25) is 5.91 Å². The van der Waals surface area contributed by atoms with Crippen molar-refractivity contribution in [1.82, 2.24) is 5.32 Å². The predicted octanol–water partition coefficient (Wildman–Crippen LogP) is 0.252. The van der Waals surface area contributed by atoms with Gasteiger partial charge in [0, 0.05) is 19.0 Å². The number of nitrogens with one attached hydrogen (secondary N) is 1. The molecule has 2 N–H and O–H groups in total. The van der Waals surface area contributed by atoms with Crippen LogP contribution in [0.4, 0.5) is 0 Å². The van der Waals surface area contributed by atoms with E-state index in [1.165, 1.54) is 0 Å². The number of carbonyl (C=O) groups excluding carboxylic acids is 1. The van der Waals surface area contributed by atoms with Gasteiger partial charge in [-0.25, -0.2) is 0 Å². The number of hydrogen-bond acceptors (Lipinski definition) is 2. The van der Waals surface area contributed by atoms with Gasteiger partial charge in [-0.05, 0) is 5.56 Å². The van der Waals surface area contributed by atoms with E-state index in [1.807, 2.05) is 30.3 Å². The second kappa shape index (κ2) is 5.45. The Morgan fingerprint density at radius 1 is 1.43 bits per heavy atom. The van der Waals surface area contributed by atoms with Crippen molar-refractivity contribution in [2.45, 2.75) is 12.4 Å². The number of aliphatic hydroxyl groups is 1. The summed E-state index contributed by atoms with van der Waals surface area (Å²) in [4.78, 5) is 11.2. The van der Waals surface area contributed by atoms with Crippen molar-refractivity contribution >= 4 is 13.8 Å². The minimum absolute atomic E-state index is 0.333. The van der Waals surface area contributed by atoms with E-state index in [9.17, 15) is 4.79 Å². The van der Waals surface area contributed by atoms with Gasteiger partial charge in [0.1, 0.15) is 0 Å². The summed E-state index contributed by atoms with van der Waals surface area (Å²) < 4.78 is 0. The topological polar surface area (TPSA) is 49.3 Å². The molecular weight excluding hydrogens is 177 g/mol. The highest BCUT2D eigenvalue weighted by Gasteiger charge is 2.09. The summed E-state index contributed by atoms with van der Waals surface area (Å²) in [6.07, 6.45) is 0. The van der Waals surface area contributed by atoms with Crippen LogP contribution in [-0.2, 0) is 11.3 Å². The zero-order valence-corrected chi connectivity index (χ0v) is 7.81. The summed E-state index contributed by atoms with van der Waals surface area (Å²) in [5.41, 5.74) is 1.01. The summed E-state index contributed by atoms with van der Waals surface area (Å²) in [5, 5.41) is 11.2. The van der Waals surface area contributed by atoms with Gasteiger partial charge in [-0.3, -0.25) is 4.79 Å². The molecule has 14 heavy (non-hydrogen) atoms. The third kappa shape index (κ3) is 3.22. The van der Waals surface area contributed by atoms with E-state index in [1.54, 1.807) is 0 Å². The Balaban J connectivity index is 2.38. The zero-order valence-electron chi connectivity index (χ0n) is 7.81. The molecule has 4 heteroatoms. The smallest absolute Gasteiger partial charge is 0.216 e. The molecule has 0 saturated carbocycles. The van der Waals surface area contributed by atoms with E-state index in [-0.39, 0.29) is 12.5 Å². The van der Waals surface area contributed by atoms with Crippen LogP contribution in [-0.4, -0.2) is 25.5 Å². The molecule has 0 aliphatic rings. The van der Waals surface area contributed by atoms with Gasteiger partial charge in [-0.1, -0.05) is 30.3 Å². The Bertz CT molecular complexity index is 289. The summed E-state index contributed by atoms with van der Waals surface area (Å²) in [6, 6.07) is 9.52. The normalized spacial score (nSPS) is 12.1. The second-order valence-corrected chi connectivity index (χ2v) is 2.99. The lowest BCUT2D eigenvalue weighted by Crippen LogP contribution is -2.28. The Hall–Kier alpha value is -1.29. The van der Waals surface area contributed by atoms with Crippen molar-refractivity contribution in [3.63, 3.8) is 0 Å². The molecule has 1 rings (SSSR count). The molecule has 0 saturated heterocycles. The van der Waals surface area contributed by atoms with Crippen LogP contribution in [0.5, 0.6) is 0 Å². The molecule has 0 aromatic heterocycles. The van der Waals surface area contributed by atoms with Gasteiger partial charge in [0.05, 0.1) is 7.85 Å². The first-order valence-electron chi connectivity index (χ1n) is 4.42. The van der Waals surface area contributed by atoms with Crippen molar-refractivity contribution < 1.29 is 9.90 Å². The van der Waals surface area contributed by atoms with Crippen LogP contribution in [0.25, 0.3) is 0 Å². The molecule has 0 aliphatic heterocycles. The number of carbonyl (C=O) groups is 1. The quantitative estimate of drug-likeness (QED) is 0.667. The standard InChI is InChI=1S/C10H12BNO2/c11-9(7-13)10(14)12-6-8-4-2-1-3-5-8/h1-5,9,13H,6-7H2,(H,12,14)/t9-/m0/s1. The Morgan fingerprint density at radius 2 is 2.07 bits per heavy atom. The molecule has 2 radical (unpaired) electrons. The lowest BCUT2D eigenvalue weighted by Gasteiger charge is -2.09. The average Bonchev–Trinajstić information content (AvgIpc) is 2.26. The van der Waals surface area contributed by atoms with E-state index in [0.29, 0.717) is 6.54 Å². The minimum Gasteiger partial charge on any atom is -0.396 e. The molecule has 1 atom stereocenters. The van der Waals surface area contributed by atoms with E-state index in [2.05, 4.69) is 5.32 Å². The molecule has 1 aromatic carbocycles. The van der Waals surface area contributed by atoms with Crippen LogP contribution in [0.1, 0.15) is 5.56 Å². The average molecular weight is 189 g/mol. The molecular formula is C10H12BNO2. The van der Waals surface area contributed by atoms with E-state index in [0.717, 1.165) is 5.56 Å². The largest absolute Gasteiger partial charge is 0.396 e. The van der Waals surface area contributed by atoms with Crippen LogP contribution in [0, 0.1) is 0 Å². The maximum Gasteiger partial charge on any atom is 0.216 e. The minimum atomic E-state index is -0.835. The highest BCUT2D eigenvalue weighted by Crippen LogP contribution is 2.00. The lowest BCUT2D eigenvalue weighted by atomic mass is 9.87. The number of amides is 1. The fourth-order valence-electron chi connectivity index (χ4n) is 0.999. The van der Waals surface area contributed by atoms with Crippen molar-refractivity contribution in [3.05, 3.63) is 35.9 Å². The molecule has 72 valence electrons. The zero-order chi connectivity index (χ0) is 10.4. The fourth-order valence-corrected chi connectivity index (χ4v) is 0.999. The highest BCUT2D eigenvalue weighted by atomic mass is 16.3. The maximum absolute atomic E-state index is 11.2. The first-order valence-corrected chi connectivity index (χ1v) is 4.42. The van der Waals surface area contributed by atoms with E-state index in [4.69, 9.17) is 13.0 Å². The van der Waals surface area contributed by atoms with E-state index >= 15 is 0 Å². The summed E-state index contributed by atoms with van der Waals surface area (Å²) in [5.74, 6) is -1.17. The third-order valence-electron chi connectivity index (χ3n) is 1.84. The SMILES string of the molecule is [B][C@@H](CO)C(=O)NCc1ccccc1. The molecule has 0 bridgehead atoms. The van der Waals surface area contributed by atoms with Crippen molar-refractivity contribution in [2.24, 2.45) is 0 Å². The van der Waals surface area contributed by atoms with Gasteiger partial charge in [0.25, 0.3) is 0 Å². The molecule has 1 aromatic rings. The van der Waals surface area contributed by atoms with Crippen LogP contribution < -0.4 is 5.32 Å². The molecule has 1 amide bonds. The first-order chi connectivity index (χ1) is 6.74. The first kappa shape index (κ1) is 10.8. The Labute approximate surface area is 84.5 Å². The van der Waals surface area contributed by atoms with Crippen molar-refractivity contribution in [1.29, 1.82) is 0 Å². The Kier molecular flexibility index (Phi) is 4.20. The monoisotopic (exact) mass is 189 g/mol. The van der Waals surface area contributed by atoms with Gasteiger partial charge >= 0.3 is 0 Å². The van der Waals surface area contributed by atoms with Crippen LogP contribution in [0.15, 0.2) is 30.3 Å². The van der Waals surface area contributed by atoms with E-state index < -0.39 is 5.82 Å². The van der Waals surface area contributed by atoms with Crippen LogP contribution >= 0.6 is 0 Å². The third-order valence-corrected chi connectivity index (χ3v) is 1.84. The highest BCUT2D eigenvalue weighted by molar-refractivity contribution is 6.23. The number of hydrogen-bond donors (Lipinski definition) is 2. The summed E-state index contributed by atoms with van der Waals surface area (Å²) in [6.45, 7) is 0.105. The van der Waals surface area contributed by atoms with Gasteiger partial charge in [-0.15, -0.1) is 0 Å². The van der Waals surface area contributed by atoms with Gasteiger partial charge in [0.15, 0.2) is 0 Å². The molecule has 0 aliphatic carbocycles. The molecule has 0 heterocycles. The lowest BCUT2D eigenvalue weighted by molar-refractivity contribution is -0.121. The molecule has 3 nitrogen and oxygen atoms in total. The van der Waals surface area contributed by atoms with Gasteiger partial charge in [-0.2, -0.15) is 0 Å². The number of aliphatic hydroxyl groups excluding tert-OH is 1. The number of benzene rings is 1. The molecule has 0 unspecified atom stereocenters. The van der Waals surface area contributed by atoms with Crippen LogP contribution in [0.2, 0.25) is 5.82 Å². The van der Waals surface area contributed by atoms with Crippen molar-refractivity contribution in [3.8, 4) is 0 Å². The molecule has 0 fully saturated rings. The maximum atomic E-state index is 11.2. The van der Waals surface area contributed by atoms with Crippen LogP contribution in [0.3, 0.4) is 0 Å². The van der Waals surface area contributed by atoms with Crippen molar-refractivity contribution in [2.75, 3.05) is 6.61 Å². The second-order valence-electron chi connectivity index (χ2n) is 2.99. The Morgan fingerprint density at radius 3 is 2.64 bits per heavy atom. The summed E-state index contributed by atoms with van der Waals surface area (Å²) >= 11 is 0. The van der Waals surface area contributed by atoms with Gasteiger partial charge < -0.3 is 10.4 Å². The molecule has 0 spiro atoms.